The summed E-state index contributed by atoms with van der Waals surface area (Å²) in [5.74, 6) is 2.27. The van der Waals surface area contributed by atoms with Gasteiger partial charge in [0.2, 0.25) is 5.91 Å². The number of likely N-dealkylation sites (tertiary alicyclic amines) is 1. The van der Waals surface area contributed by atoms with Crippen molar-refractivity contribution in [2.75, 3.05) is 44.2 Å². The largest absolute Gasteiger partial charge is 0.357 e. The third kappa shape index (κ3) is 6.34. The van der Waals surface area contributed by atoms with Crippen LogP contribution in [-0.2, 0) is 17.9 Å². The molecule has 32 heavy (non-hydrogen) atoms. The number of benzene rings is 1. The first-order valence-electron chi connectivity index (χ1n) is 11.3. The first kappa shape index (κ1) is 24.3. The molecule has 2 saturated heterocycles. The summed E-state index contributed by atoms with van der Waals surface area (Å²) in [5, 5.41) is 3.45. The van der Waals surface area contributed by atoms with Crippen molar-refractivity contribution >= 4 is 41.7 Å². The topological polar surface area (TPSA) is 64.1 Å². The van der Waals surface area contributed by atoms with Crippen molar-refractivity contribution in [3.05, 3.63) is 59.8 Å². The van der Waals surface area contributed by atoms with E-state index in [1.54, 1.807) is 0 Å². The summed E-state index contributed by atoms with van der Waals surface area (Å²) < 4.78 is 0. The average molecular weight is 548 g/mol. The molecular formula is C24H33IN6O. The van der Waals surface area contributed by atoms with Gasteiger partial charge in [0, 0.05) is 58.4 Å². The molecule has 4 rings (SSSR count). The highest BCUT2D eigenvalue weighted by Gasteiger charge is 2.21. The van der Waals surface area contributed by atoms with Gasteiger partial charge in [-0.1, -0.05) is 30.3 Å². The minimum absolute atomic E-state index is 0. The van der Waals surface area contributed by atoms with Crippen LogP contribution < -0.4 is 10.2 Å². The Morgan fingerprint density at radius 3 is 2.56 bits per heavy atom. The lowest BCUT2D eigenvalue weighted by Gasteiger charge is -2.37. The van der Waals surface area contributed by atoms with Crippen molar-refractivity contribution in [1.29, 1.82) is 0 Å². The molecule has 0 unspecified atom stereocenters. The summed E-state index contributed by atoms with van der Waals surface area (Å²) in [6.07, 6.45) is 3.51. The van der Waals surface area contributed by atoms with Gasteiger partial charge in [-0.3, -0.25) is 4.79 Å². The van der Waals surface area contributed by atoms with Gasteiger partial charge in [0.15, 0.2) is 5.96 Å². The Kier molecular flexibility index (Phi) is 9.13. The molecule has 3 heterocycles. The number of rotatable bonds is 6. The quantitative estimate of drug-likeness (QED) is 0.342. The third-order valence-electron chi connectivity index (χ3n) is 5.83. The fraction of sp³-hybridized carbons (Fsp3) is 0.458. The molecule has 172 valence electrons. The summed E-state index contributed by atoms with van der Waals surface area (Å²) in [6, 6.07) is 14.5. The van der Waals surface area contributed by atoms with Gasteiger partial charge < -0.3 is 20.0 Å². The first-order chi connectivity index (χ1) is 15.2. The zero-order chi connectivity index (χ0) is 21.5. The number of piperazine rings is 1. The van der Waals surface area contributed by atoms with E-state index in [9.17, 15) is 4.79 Å². The highest BCUT2D eigenvalue weighted by Crippen LogP contribution is 2.16. The zero-order valence-electron chi connectivity index (χ0n) is 18.7. The number of nitrogens with zero attached hydrogens (tertiary/aromatic N) is 5. The van der Waals surface area contributed by atoms with Crippen molar-refractivity contribution in [3.63, 3.8) is 0 Å². The van der Waals surface area contributed by atoms with Gasteiger partial charge in [-0.2, -0.15) is 0 Å². The molecule has 0 atom stereocenters. The number of guanidine groups is 1. The Hall–Kier alpha value is -2.36. The molecule has 2 aliphatic heterocycles. The number of hydrogen-bond donors (Lipinski definition) is 1. The SMILES string of the molecule is CCNC(=NCc1cccc(CN2CCCC2=O)c1)N1CCN(c2ccccn2)CC1.I. The van der Waals surface area contributed by atoms with Crippen LogP contribution in [-0.4, -0.2) is 65.9 Å². The van der Waals surface area contributed by atoms with Crippen molar-refractivity contribution in [2.24, 2.45) is 4.99 Å². The Bertz CT molecular complexity index is 898. The number of halogens is 1. The lowest BCUT2D eigenvalue weighted by molar-refractivity contribution is -0.128. The Morgan fingerprint density at radius 2 is 1.88 bits per heavy atom. The maximum atomic E-state index is 11.9. The number of aliphatic imine (C=N–C) groups is 1. The highest BCUT2D eigenvalue weighted by atomic mass is 127. The third-order valence-corrected chi connectivity index (χ3v) is 5.83. The number of aromatic nitrogens is 1. The number of nitrogens with one attached hydrogen (secondary N) is 1. The molecule has 1 aromatic heterocycles. The van der Waals surface area contributed by atoms with Crippen LogP contribution in [0.3, 0.4) is 0 Å². The number of hydrogen-bond acceptors (Lipinski definition) is 4. The van der Waals surface area contributed by atoms with Crippen molar-refractivity contribution in [3.8, 4) is 0 Å². The summed E-state index contributed by atoms with van der Waals surface area (Å²) in [7, 11) is 0. The van der Waals surface area contributed by atoms with Gasteiger partial charge in [-0.25, -0.2) is 9.98 Å². The minimum atomic E-state index is 0. The van der Waals surface area contributed by atoms with E-state index in [2.05, 4.69) is 57.4 Å². The van der Waals surface area contributed by atoms with Crippen molar-refractivity contribution in [1.82, 2.24) is 20.1 Å². The van der Waals surface area contributed by atoms with E-state index >= 15 is 0 Å². The van der Waals surface area contributed by atoms with Crippen LogP contribution in [0, 0.1) is 0 Å². The molecule has 8 heteroatoms. The van der Waals surface area contributed by atoms with E-state index in [4.69, 9.17) is 4.99 Å². The molecule has 7 nitrogen and oxygen atoms in total. The second kappa shape index (κ2) is 12.0. The van der Waals surface area contributed by atoms with Gasteiger partial charge >= 0.3 is 0 Å². The van der Waals surface area contributed by atoms with Crippen LogP contribution in [0.25, 0.3) is 0 Å². The van der Waals surface area contributed by atoms with Crippen LogP contribution in [0.5, 0.6) is 0 Å². The first-order valence-corrected chi connectivity index (χ1v) is 11.3. The Labute approximate surface area is 207 Å². The molecule has 2 aromatic rings. The maximum Gasteiger partial charge on any atom is 0.222 e. The summed E-state index contributed by atoms with van der Waals surface area (Å²) >= 11 is 0. The monoisotopic (exact) mass is 548 g/mol. The lowest BCUT2D eigenvalue weighted by Crippen LogP contribution is -2.52. The van der Waals surface area contributed by atoms with Crippen LogP contribution in [0.2, 0.25) is 0 Å². The summed E-state index contributed by atoms with van der Waals surface area (Å²) in [4.78, 5) is 27.9. The fourth-order valence-electron chi connectivity index (χ4n) is 4.20. The summed E-state index contributed by atoms with van der Waals surface area (Å²) in [6.45, 7) is 8.84. The molecule has 2 aliphatic rings. The maximum absolute atomic E-state index is 11.9. The van der Waals surface area contributed by atoms with Crippen LogP contribution in [0.15, 0.2) is 53.7 Å². The fourth-order valence-corrected chi connectivity index (χ4v) is 4.20. The normalized spacial score (nSPS) is 16.8. The van der Waals surface area contributed by atoms with Crippen LogP contribution >= 0.6 is 24.0 Å². The molecule has 1 N–H and O–H groups in total. The van der Waals surface area contributed by atoms with E-state index in [1.165, 1.54) is 11.1 Å². The van der Waals surface area contributed by atoms with Gasteiger partial charge in [-0.15, -0.1) is 24.0 Å². The van der Waals surface area contributed by atoms with Crippen LogP contribution in [0.4, 0.5) is 5.82 Å². The Morgan fingerprint density at radius 1 is 1.06 bits per heavy atom. The zero-order valence-corrected chi connectivity index (χ0v) is 21.1. The van der Waals surface area contributed by atoms with E-state index < -0.39 is 0 Å². The number of anilines is 1. The molecule has 0 spiro atoms. The van der Waals surface area contributed by atoms with E-state index in [-0.39, 0.29) is 29.9 Å². The standard InChI is InChI=1S/C24H32N6O.HI/c1-2-25-24(29-15-13-28(14-16-29)22-9-3-4-11-26-22)27-18-20-7-5-8-21(17-20)19-30-12-6-10-23(30)31;/h3-5,7-9,11,17H,2,6,10,12-16,18-19H2,1H3,(H,25,27);1H. The molecule has 0 saturated carbocycles. The van der Waals surface area contributed by atoms with Crippen molar-refractivity contribution < 1.29 is 4.79 Å². The predicted molar refractivity (Wildman–Crippen MR) is 139 cm³/mol. The van der Waals surface area contributed by atoms with Gasteiger partial charge in [0.05, 0.1) is 6.54 Å². The van der Waals surface area contributed by atoms with Gasteiger partial charge in [-0.05, 0) is 36.6 Å². The van der Waals surface area contributed by atoms with E-state index in [1.807, 2.05) is 23.2 Å². The summed E-state index contributed by atoms with van der Waals surface area (Å²) in [5.41, 5.74) is 2.35. The van der Waals surface area contributed by atoms with E-state index in [0.29, 0.717) is 19.5 Å². The second-order valence-corrected chi connectivity index (χ2v) is 8.07. The van der Waals surface area contributed by atoms with Gasteiger partial charge in [0.25, 0.3) is 0 Å². The van der Waals surface area contributed by atoms with Gasteiger partial charge in [0.1, 0.15) is 5.82 Å². The number of carbonyl (C=O) groups excluding carboxylic acids is 1. The molecule has 1 aromatic carbocycles. The average Bonchev–Trinajstić information content (AvgIpc) is 3.22. The number of carbonyl (C=O) groups is 1. The Balaban J connectivity index is 0.00000289. The van der Waals surface area contributed by atoms with Crippen molar-refractivity contribution in [2.45, 2.75) is 32.9 Å². The molecule has 0 aliphatic carbocycles. The molecule has 0 radical (unpaired) electrons. The minimum Gasteiger partial charge on any atom is -0.357 e. The van der Waals surface area contributed by atoms with Crippen LogP contribution in [0.1, 0.15) is 30.9 Å². The number of amides is 1. The predicted octanol–water partition coefficient (Wildman–Crippen LogP) is 3.11. The molecule has 2 fully saturated rings. The number of pyridine rings is 1. The molecular weight excluding hydrogens is 515 g/mol. The second-order valence-electron chi connectivity index (χ2n) is 8.07. The molecule has 0 bridgehead atoms. The van der Waals surface area contributed by atoms with E-state index in [0.717, 1.165) is 57.5 Å². The lowest BCUT2D eigenvalue weighted by atomic mass is 10.1. The highest BCUT2D eigenvalue weighted by molar-refractivity contribution is 14.0. The molecule has 1 amide bonds. The smallest absolute Gasteiger partial charge is 0.222 e.